The minimum atomic E-state index is -0.294. The van der Waals surface area contributed by atoms with E-state index in [-0.39, 0.29) is 11.9 Å². The van der Waals surface area contributed by atoms with Crippen LogP contribution in [0.3, 0.4) is 0 Å². The van der Waals surface area contributed by atoms with E-state index in [1.807, 2.05) is 11.9 Å². The van der Waals surface area contributed by atoms with Crippen LogP contribution in [0.2, 0.25) is 0 Å². The molecule has 0 spiro atoms. The minimum absolute atomic E-state index is 0.224. The van der Waals surface area contributed by atoms with Gasteiger partial charge in [-0.15, -0.1) is 0 Å². The van der Waals surface area contributed by atoms with Crippen LogP contribution in [0.5, 0.6) is 0 Å². The summed E-state index contributed by atoms with van der Waals surface area (Å²) in [5, 5.41) is 9.11. The summed E-state index contributed by atoms with van der Waals surface area (Å²) in [5.41, 5.74) is 0.965. The molecule has 1 rings (SSSR count). The largest absolute Gasteiger partial charge is 0.393 e. The first kappa shape index (κ1) is 11.0. The van der Waals surface area contributed by atoms with Gasteiger partial charge in [0, 0.05) is 19.3 Å². The molecule has 0 bridgehead atoms. The maximum atomic E-state index is 12.6. The first-order chi connectivity index (χ1) is 6.59. The van der Waals surface area contributed by atoms with Gasteiger partial charge in [0.2, 0.25) is 0 Å². The smallest absolute Gasteiger partial charge is 0.123 e. The van der Waals surface area contributed by atoms with Gasteiger partial charge in [-0.05, 0) is 37.6 Å². The molecule has 14 heavy (non-hydrogen) atoms. The maximum Gasteiger partial charge on any atom is 0.123 e. The average molecular weight is 197 g/mol. The second-order valence-electron chi connectivity index (χ2n) is 3.54. The van der Waals surface area contributed by atoms with Crippen molar-refractivity contribution in [3.05, 3.63) is 30.1 Å². The van der Waals surface area contributed by atoms with Crippen LogP contribution in [0.4, 0.5) is 10.1 Å². The van der Waals surface area contributed by atoms with E-state index in [0.29, 0.717) is 6.42 Å². The van der Waals surface area contributed by atoms with Crippen molar-refractivity contribution in [1.82, 2.24) is 0 Å². The van der Waals surface area contributed by atoms with E-state index in [4.69, 9.17) is 5.11 Å². The predicted octanol–water partition coefficient (Wildman–Crippen LogP) is 2.03. The third kappa shape index (κ3) is 3.34. The molecule has 78 valence electrons. The van der Waals surface area contributed by atoms with Crippen molar-refractivity contribution in [1.29, 1.82) is 0 Å². The van der Waals surface area contributed by atoms with E-state index in [1.54, 1.807) is 19.1 Å². The lowest BCUT2D eigenvalue weighted by Crippen LogP contribution is -2.21. The Balaban J connectivity index is 2.52. The van der Waals surface area contributed by atoms with Gasteiger partial charge < -0.3 is 10.0 Å². The number of aliphatic hydroxyl groups excluding tert-OH is 1. The Morgan fingerprint density at radius 3 is 2.43 bits per heavy atom. The lowest BCUT2D eigenvalue weighted by Gasteiger charge is -2.19. The molecule has 0 aromatic heterocycles. The first-order valence-corrected chi connectivity index (χ1v) is 4.74. The summed E-state index contributed by atoms with van der Waals surface area (Å²) in [6.45, 7) is 2.53. The topological polar surface area (TPSA) is 23.5 Å². The Morgan fingerprint density at radius 2 is 1.93 bits per heavy atom. The lowest BCUT2D eigenvalue weighted by molar-refractivity contribution is 0.187. The molecule has 0 saturated carbocycles. The van der Waals surface area contributed by atoms with Crippen LogP contribution < -0.4 is 4.90 Å². The molecule has 0 aliphatic carbocycles. The highest BCUT2D eigenvalue weighted by molar-refractivity contribution is 5.45. The molecule has 0 saturated heterocycles. The van der Waals surface area contributed by atoms with Crippen molar-refractivity contribution < 1.29 is 9.50 Å². The van der Waals surface area contributed by atoms with Gasteiger partial charge in [-0.3, -0.25) is 0 Å². The van der Waals surface area contributed by atoms with E-state index in [2.05, 4.69) is 0 Å². The number of anilines is 1. The van der Waals surface area contributed by atoms with Gasteiger partial charge in [-0.25, -0.2) is 4.39 Å². The summed E-state index contributed by atoms with van der Waals surface area (Å²) in [6, 6.07) is 6.34. The van der Waals surface area contributed by atoms with Crippen LogP contribution in [0.15, 0.2) is 24.3 Å². The van der Waals surface area contributed by atoms with Gasteiger partial charge in [0.15, 0.2) is 0 Å². The number of benzene rings is 1. The Bertz CT molecular complexity index is 271. The molecular weight excluding hydrogens is 181 g/mol. The highest BCUT2D eigenvalue weighted by Gasteiger charge is 2.02. The molecule has 1 aromatic rings. The lowest BCUT2D eigenvalue weighted by atomic mass is 10.2. The Morgan fingerprint density at radius 1 is 1.36 bits per heavy atom. The van der Waals surface area contributed by atoms with E-state index >= 15 is 0 Å². The molecule has 0 amide bonds. The fourth-order valence-electron chi connectivity index (χ4n) is 1.21. The number of hydrogen-bond donors (Lipinski definition) is 1. The van der Waals surface area contributed by atoms with Gasteiger partial charge in [0.25, 0.3) is 0 Å². The standard InChI is InChI=1S/C11H16FNO/c1-9(14)7-8-13(2)11-5-3-10(12)4-6-11/h3-6,9,14H,7-8H2,1-2H3. The third-order valence-corrected chi connectivity index (χ3v) is 2.15. The Labute approximate surface area is 84.0 Å². The highest BCUT2D eigenvalue weighted by atomic mass is 19.1. The normalized spacial score (nSPS) is 12.6. The average Bonchev–Trinajstić information content (AvgIpc) is 2.15. The third-order valence-electron chi connectivity index (χ3n) is 2.15. The molecular formula is C11H16FNO. The van der Waals surface area contributed by atoms with Crippen molar-refractivity contribution in [3.8, 4) is 0 Å². The molecule has 0 fully saturated rings. The molecule has 0 radical (unpaired) electrons. The number of nitrogens with zero attached hydrogens (tertiary/aromatic N) is 1. The fourth-order valence-corrected chi connectivity index (χ4v) is 1.21. The van der Waals surface area contributed by atoms with Gasteiger partial charge in [-0.1, -0.05) is 0 Å². The van der Waals surface area contributed by atoms with Gasteiger partial charge in [0.1, 0.15) is 5.82 Å². The molecule has 1 aromatic carbocycles. The van der Waals surface area contributed by atoms with E-state index in [1.165, 1.54) is 12.1 Å². The quantitative estimate of drug-likeness (QED) is 0.798. The van der Waals surface area contributed by atoms with Crippen LogP contribution >= 0.6 is 0 Å². The molecule has 0 heterocycles. The van der Waals surface area contributed by atoms with Crippen molar-refractivity contribution >= 4 is 5.69 Å². The zero-order valence-corrected chi connectivity index (χ0v) is 8.57. The first-order valence-electron chi connectivity index (χ1n) is 4.74. The summed E-state index contributed by atoms with van der Waals surface area (Å²) in [5.74, 6) is -0.224. The van der Waals surface area contributed by atoms with Crippen molar-refractivity contribution in [2.24, 2.45) is 0 Å². The summed E-state index contributed by atoms with van der Waals surface area (Å²) >= 11 is 0. The minimum Gasteiger partial charge on any atom is -0.393 e. The second kappa shape index (κ2) is 4.96. The van der Waals surface area contributed by atoms with Crippen molar-refractivity contribution in [2.75, 3.05) is 18.5 Å². The maximum absolute atomic E-state index is 12.6. The summed E-state index contributed by atoms with van der Waals surface area (Å²) in [6.07, 6.45) is 0.423. The SMILES string of the molecule is CC(O)CCN(C)c1ccc(F)cc1. The Hall–Kier alpha value is -1.09. The fraction of sp³-hybridized carbons (Fsp3) is 0.455. The van der Waals surface area contributed by atoms with Crippen LogP contribution in [0.1, 0.15) is 13.3 Å². The van der Waals surface area contributed by atoms with E-state index < -0.39 is 0 Å². The second-order valence-corrected chi connectivity index (χ2v) is 3.54. The monoisotopic (exact) mass is 197 g/mol. The van der Waals surface area contributed by atoms with E-state index in [0.717, 1.165) is 12.2 Å². The van der Waals surface area contributed by atoms with Gasteiger partial charge >= 0.3 is 0 Å². The highest BCUT2D eigenvalue weighted by Crippen LogP contribution is 2.13. The molecule has 0 aliphatic rings. The summed E-state index contributed by atoms with van der Waals surface area (Å²) < 4.78 is 12.6. The predicted molar refractivity (Wildman–Crippen MR) is 56.0 cm³/mol. The van der Waals surface area contributed by atoms with Crippen molar-refractivity contribution in [3.63, 3.8) is 0 Å². The molecule has 1 unspecified atom stereocenters. The van der Waals surface area contributed by atoms with Crippen LogP contribution in [0, 0.1) is 5.82 Å². The molecule has 2 nitrogen and oxygen atoms in total. The summed E-state index contributed by atoms with van der Waals surface area (Å²) in [4.78, 5) is 1.99. The van der Waals surface area contributed by atoms with Gasteiger partial charge in [-0.2, -0.15) is 0 Å². The molecule has 0 aliphatic heterocycles. The molecule has 3 heteroatoms. The van der Waals surface area contributed by atoms with Gasteiger partial charge in [0.05, 0.1) is 6.10 Å². The van der Waals surface area contributed by atoms with Crippen LogP contribution in [-0.2, 0) is 0 Å². The molecule has 1 atom stereocenters. The number of hydrogen-bond acceptors (Lipinski definition) is 2. The Kier molecular flexibility index (Phi) is 3.89. The number of halogens is 1. The van der Waals surface area contributed by atoms with Crippen LogP contribution in [0.25, 0.3) is 0 Å². The number of rotatable bonds is 4. The van der Waals surface area contributed by atoms with Crippen LogP contribution in [-0.4, -0.2) is 24.8 Å². The number of aliphatic hydroxyl groups is 1. The summed E-state index contributed by atoms with van der Waals surface area (Å²) in [7, 11) is 1.93. The zero-order valence-electron chi connectivity index (χ0n) is 8.57. The van der Waals surface area contributed by atoms with E-state index in [9.17, 15) is 4.39 Å². The zero-order chi connectivity index (χ0) is 10.6. The molecule has 1 N–H and O–H groups in total. The van der Waals surface area contributed by atoms with Crippen molar-refractivity contribution in [2.45, 2.75) is 19.4 Å².